The van der Waals surface area contributed by atoms with Gasteiger partial charge in [0.2, 0.25) is 0 Å². The van der Waals surface area contributed by atoms with Crippen molar-refractivity contribution in [2.45, 2.75) is 31.6 Å². The van der Waals surface area contributed by atoms with Gasteiger partial charge in [-0.05, 0) is 19.8 Å². The van der Waals surface area contributed by atoms with Gasteiger partial charge in [-0.25, -0.2) is 0 Å². The SMILES string of the molecule is CC(=O)CCC1=CC=CCC1Cl. The first-order valence-corrected chi connectivity index (χ1v) is 4.63. The molecule has 0 fully saturated rings. The van der Waals surface area contributed by atoms with E-state index in [2.05, 4.69) is 6.08 Å². The Morgan fingerprint density at radius 1 is 1.75 bits per heavy atom. The van der Waals surface area contributed by atoms with Crippen molar-refractivity contribution in [3.8, 4) is 0 Å². The molecule has 0 N–H and O–H groups in total. The molecule has 12 heavy (non-hydrogen) atoms. The molecule has 0 aliphatic heterocycles. The zero-order valence-electron chi connectivity index (χ0n) is 7.22. The molecule has 1 unspecified atom stereocenters. The van der Waals surface area contributed by atoms with Gasteiger partial charge in [-0.2, -0.15) is 0 Å². The van der Waals surface area contributed by atoms with Gasteiger partial charge in [0.25, 0.3) is 0 Å². The van der Waals surface area contributed by atoms with E-state index in [0.717, 1.165) is 12.8 Å². The van der Waals surface area contributed by atoms with Gasteiger partial charge in [0.15, 0.2) is 0 Å². The van der Waals surface area contributed by atoms with Gasteiger partial charge in [-0.3, -0.25) is 0 Å². The maximum Gasteiger partial charge on any atom is 0.130 e. The molecule has 0 aromatic carbocycles. The van der Waals surface area contributed by atoms with Gasteiger partial charge in [0.05, 0.1) is 5.38 Å². The van der Waals surface area contributed by atoms with E-state index in [4.69, 9.17) is 11.6 Å². The zero-order chi connectivity index (χ0) is 8.97. The van der Waals surface area contributed by atoms with Crippen LogP contribution in [-0.4, -0.2) is 11.2 Å². The molecule has 1 nitrogen and oxygen atoms in total. The van der Waals surface area contributed by atoms with Crippen molar-refractivity contribution in [3.63, 3.8) is 0 Å². The fourth-order valence-corrected chi connectivity index (χ4v) is 1.49. The first kappa shape index (κ1) is 9.53. The van der Waals surface area contributed by atoms with Crippen molar-refractivity contribution >= 4 is 17.4 Å². The first-order valence-electron chi connectivity index (χ1n) is 4.19. The largest absolute Gasteiger partial charge is 0.300 e. The van der Waals surface area contributed by atoms with Crippen LogP contribution < -0.4 is 0 Å². The number of halogens is 1. The molecule has 0 saturated heterocycles. The average Bonchev–Trinajstić information content (AvgIpc) is 2.03. The fourth-order valence-electron chi connectivity index (χ4n) is 1.21. The van der Waals surface area contributed by atoms with Crippen molar-refractivity contribution in [1.82, 2.24) is 0 Å². The normalized spacial score (nSPS) is 22.2. The molecule has 2 heteroatoms. The van der Waals surface area contributed by atoms with Crippen LogP contribution in [0.15, 0.2) is 23.8 Å². The molecule has 66 valence electrons. The van der Waals surface area contributed by atoms with E-state index < -0.39 is 0 Å². The zero-order valence-corrected chi connectivity index (χ0v) is 7.97. The standard InChI is InChI=1S/C10H13ClO/c1-8(12)6-7-9-4-2-3-5-10(9)11/h2-4,10H,5-7H2,1H3. The number of allylic oxidation sites excluding steroid dienone is 4. The van der Waals surface area contributed by atoms with E-state index in [0.29, 0.717) is 6.42 Å². The summed E-state index contributed by atoms with van der Waals surface area (Å²) in [4.78, 5) is 10.7. The van der Waals surface area contributed by atoms with Crippen LogP contribution in [0.5, 0.6) is 0 Å². The van der Waals surface area contributed by atoms with E-state index >= 15 is 0 Å². The van der Waals surface area contributed by atoms with Crippen LogP contribution in [0.4, 0.5) is 0 Å². The summed E-state index contributed by atoms with van der Waals surface area (Å²) < 4.78 is 0. The number of alkyl halides is 1. The van der Waals surface area contributed by atoms with Gasteiger partial charge in [0, 0.05) is 6.42 Å². The smallest absolute Gasteiger partial charge is 0.130 e. The van der Waals surface area contributed by atoms with E-state index in [1.165, 1.54) is 5.57 Å². The Morgan fingerprint density at radius 3 is 3.08 bits per heavy atom. The predicted molar refractivity (Wildman–Crippen MR) is 51.4 cm³/mol. The lowest BCUT2D eigenvalue weighted by atomic mass is 9.99. The van der Waals surface area contributed by atoms with Crippen molar-refractivity contribution in [3.05, 3.63) is 23.8 Å². The highest BCUT2D eigenvalue weighted by atomic mass is 35.5. The molecule has 0 saturated carbocycles. The van der Waals surface area contributed by atoms with Crippen LogP contribution in [0.3, 0.4) is 0 Å². The van der Waals surface area contributed by atoms with E-state index in [1.807, 2.05) is 12.2 Å². The van der Waals surface area contributed by atoms with Crippen molar-refractivity contribution < 1.29 is 4.79 Å². The minimum absolute atomic E-state index is 0.106. The minimum Gasteiger partial charge on any atom is -0.300 e. The Kier molecular flexibility index (Phi) is 3.54. The molecule has 0 amide bonds. The van der Waals surface area contributed by atoms with Crippen LogP contribution >= 0.6 is 11.6 Å². The second-order valence-corrected chi connectivity index (χ2v) is 3.60. The van der Waals surface area contributed by atoms with Crippen LogP contribution in [0.25, 0.3) is 0 Å². The highest BCUT2D eigenvalue weighted by Crippen LogP contribution is 2.22. The summed E-state index contributed by atoms with van der Waals surface area (Å²) in [6.07, 6.45) is 8.40. The molecular formula is C10H13ClO. The van der Waals surface area contributed by atoms with Crippen molar-refractivity contribution in [2.24, 2.45) is 0 Å². The summed E-state index contributed by atoms with van der Waals surface area (Å²) in [6.45, 7) is 1.61. The van der Waals surface area contributed by atoms with Crippen molar-refractivity contribution in [2.75, 3.05) is 0 Å². The Bertz CT molecular complexity index is 228. The topological polar surface area (TPSA) is 17.1 Å². The number of hydrogen-bond acceptors (Lipinski definition) is 1. The number of carbonyl (C=O) groups excluding carboxylic acids is 1. The lowest BCUT2D eigenvalue weighted by Crippen LogP contribution is -2.06. The monoisotopic (exact) mass is 184 g/mol. The maximum absolute atomic E-state index is 10.7. The van der Waals surface area contributed by atoms with Gasteiger partial charge >= 0.3 is 0 Å². The lowest BCUT2D eigenvalue weighted by Gasteiger charge is -2.14. The van der Waals surface area contributed by atoms with E-state index in [9.17, 15) is 4.79 Å². The summed E-state index contributed by atoms with van der Waals surface area (Å²) in [6, 6.07) is 0. The number of Topliss-reactive ketones (excluding diaryl/α,β-unsaturated/α-hetero) is 1. The van der Waals surface area contributed by atoms with Crippen LogP contribution in [0, 0.1) is 0 Å². The second-order valence-electron chi connectivity index (χ2n) is 3.07. The predicted octanol–water partition coefficient (Wildman–Crippen LogP) is 2.85. The van der Waals surface area contributed by atoms with Gasteiger partial charge in [0.1, 0.15) is 5.78 Å². The Balaban J connectivity index is 2.44. The highest BCUT2D eigenvalue weighted by molar-refractivity contribution is 6.22. The summed E-state index contributed by atoms with van der Waals surface area (Å²) in [5, 5.41) is 0.106. The van der Waals surface area contributed by atoms with Crippen LogP contribution in [-0.2, 0) is 4.79 Å². The molecule has 1 aliphatic rings. The summed E-state index contributed by atoms with van der Waals surface area (Å²) in [5.41, 5.74) is 1.19. The highest BCUT2D eigenvalue weighted by Gasteiger charge is 2.11. The maximum atomic E-state index is 10.7. The molecule has 0 aromatic heterocycles. The van der Waals surface area contributed by atoms with E-state index in [-0.39, 0.29) is 11.2 Å². The van der Waals surface area contributed by atoms with Gasteiger partial charge < -0.3 is 4.79 Å². The molecule has 0 spiro atoms. The third-order valence-corrected chi connectivity index (χ3v) is 2.42. The Morgan fingerprint density at radius 2 is 2.50 bits per heavy atom. The lowest BCUT2D eigenvalue weighted by molar-refractivity contribution is -0.116. The molecular weight excluding hydrogens is 172 g/mol. The number of rotatable bonds is 3. The first-order chi connectivity index (χ1) is 5.70. The third kappa shape index (κ3) is 2.82. The number of ketones is 1. The molecule has 0 radical (unpaired) electrons. The summed E-state index contributed by atoms with van der Waals surface area (Å²) in [5.74, 6) is 0.231. The van der Waals surface area contributed by atoms with Crippen molar-refractivity contribution in [1.29, 1.82) is 0 Å². The number of carbonyl (C=O) groups is 1. The van der Waals surface area contributed by atoms with Crippen LogP contribution in [0.2, 0.25) is 0 Å². The minimum atomic E-state index is 0.106. The number of hydrogen-bond donors (Lipinski definition) is 0. The second kappa shape index (κ2) is 4.46. The molecule has 0 heterocycles. The quantitative estimate of drug-likeness (QED) is 0.617. The molecule has 1 rings (SSSR count). The Hall–Kier alpha value is -0.560. The van der Waals surface area contributed by atoms with Crippen LogP contribution in [0.1, 0.15) is 26.2 Å². The molecule has 0 bridgehead atoms. The fraction of sp³-hybridized carbons (Fsp3) is 0.500. The van der Waals surface area contributed by atoms with E-state index in [1.54, 1.807) is 6.92 Å². The van der Waals surface area contributed by atoms with Gasteiger partial charge in [-0.15, -0.1) is 11.6 Å². The Labute approximate surface area is 78.1 Å². The molecule has 1 atom stereocenters. The molecule has 0 aromatic rings. The summed E-state index contributed by atoms with van der Waals surface area (Å²) in [7, 11) is 0. The third-order valence-electron chi connectivity index (χ3n) is 1.96. The average molecular weight is 185 g/mol. The molecule has 1 aliphatic carbocycles. The summed E-state index contributed by atoms with van der Waals surface area (Å²) >= 11 is 6.04. The van der Waals surface area contributed by atoms with Gasteiger partial charge in [-0.1, -0.05) is 23.8 Å².